The Balaban J connectivity index is 1.27. The van der Waals surface area contributed by atoms with Crippen LogP contribution in [0.1, 0.15) is 48.9 Å². The van der Waals surface area contributed by atoms with Crippen LogP contribution in [0.25, 0.3) is 11.1 Å². The molecule has 1 aliphatic carbocycles. The molecule has 0 radical (unpaired) electrons. The molecular formula is C38H39ClN2O5. The van der Waals surface area contributed by atoms with Crippen molar-refractivity contribution in [3.05, 3.63) is 130 Å². The lowest BCUT2D eigenvalue weighted by Crippen LogP contribution is -2.52. The molecule has 1 unspecified atom stereocenters. The second kappa shape index (κ2) is 13.8. The summed E-state index contributed by atoms with van der Waals surface area (Å²) in [7, 11) is 3.08. The molecule has 0 saturated carbocycles. The van der Waals surface area contributed by atoms with Gasteiger partial charge in [-0.05, 0) is 46.7 Å². The number of benzene rings is 4. The Kier molecular flexibility index (Phi) is 9.82. The Morgan fingerprint density at radius 2 is 1.35 bits per heavy atom. The second-order valence-corrected chi connectivity index (χ2v) is 12.6. The largest absolute Gasteiger partial charge is 0.448 e. The van der Waals surface area contributed by atoms with Gasteiger partial charge in [0.1, 0.15) is 19.2 Å². The zero-order valence-corrected chi connectivity index (χ0v) is 27.5. The van der Waals surface area contributed by atoms with E-state index in [0.29, 0.717) is 10.6 Å². The molecule has 238 valence electrons. The van der Waals surface area contributed by atoms with Crippen LogP contribution < -0.4 is 0 Å². The van der Waals surface area contributed by atoms with Crippen LogP contribution >= 0.6 is 11.6 Å². The van der Waals surface area contributed by atoms with Crippen LogP contribution in [-0.4, -0.2) is 61.1 Å². The van der Waals surface area contributed by atoms with E-state index in [4.69, 9.17) is 21.1 Å². The van der Waals surface area contributed by atoms with Gasteiger partial charge in [-0.15, -0.1) is 0 Å². The average molecular weight is 639 g/mol. The van der Waals surface area contributed by atoms with Gasteiger partial charge in [-0.25, -0.2) is 4.79 Å². The van der Waals surface area contributed by atoms with Crippen molar-refractivity contribution in [2.45, 2.75) is 38.3 Å². The maximum absolute atomic E-state index is 13.8. The fraction of sp³-hybridized carbons (Fsp3) is 0.289. The Morgan fingerprint density at radius 3 is 1.93 bits per heavy atom. The standard InChI is InChI=1S/C38H39ClN2O5/c1-25(2)35(41(5)37(44)45-24-31-29-19-11-9-17-27(29)28-18-10-12-20-30(28)31)36(43)40(4)23-34(42)46-38(3,26-15-7-6-8-16-26)32-21-13-14-22-33(32)39/h6-22,25,31,35H,23-24H2,1-5H3/t35-,38?/m0/s1. The second-order valence-electron chi connectivity index (χ2n) is 12.2. The average Bonchev–Trinajstić information content (AvgIpc) is 3.37. The van der Waals surface area contributed by atoms with Crippen LogP contribution in [0.3, 0.4) is 0 Å². The monoisotopic (exact) mass is 638 g/mol. The predicted octanol–water partition coefficient (Wildman–Crippen LogP) is 7.51. The lowest BCUT2D eigenvalue weighted by atomic mass is 9.88. The van der Waals surface area contributed by atoms with Crippen molar-refractivity contribution in [1.29, 1.82) is 0 Å². The van der Waals surface area contributed by atoms with E-state index in [1.165, 1.54) is 16.8 Å². The van der Waals surface area contributed by atoms with Crippen LogP contribution in [0.4, 0.5) is 4.79 Å². The number of fused-ring (bicyclic) bond motifs is 3. The normalized spacial score (nSPS) is 14.1. The molecule has 2 amide bonds. The van der Waals surface area contributed by atoms with E-state index >= 15 is 0 Å². The lowest BCUT2D eigenvalue weighted by Gasteiger charge is -2.34. The number of halogens is 1. The molecule has 0 heterocycles. The van der Waals surface area contributed by atoms with Crippen LogP contribution in [0, 0.1) is 5.92 Å². The zero-order chi connectivity index (χ0) is 33.0. The van der Waals surface area contributed by atoms with Crippen molar-refractivity contribution in [3.63, 3.8) is 0 Å². The number of esters is 1. The molecule has 0 N–H and O–H groups in total. The topological polar surface area (TPSA) is 76.2 Å². The predicted molar refractivity (Wildman–Crippen MR) is 180 cm³/mol. The van der Waals surface area contributed by atoms with E-state index in [9.17, 15) is 14.4 Å². The first-order chi connectivity index (χ1) is 22.0. The van der Waals surface area contributed by atoms with Gasteiger partial charge in [0.2, 0.25) is 5.91 Å². The van der Waals surface area contributed by atoms with Gasteiger partial charge < -0.3 is 14.4 Å². The summed E-state index contributed by atoms with van der Waals surface area (Å²) in [5.41, 5.74) is 4.64. The van der Waals surface area contributed by atoms with Gasteiger partial charge in [-0.3, -0.25) is 14.5 Å². The first kappa shape index (κ1) is 32.8. The maximum Gasteiger partial charge on any atom is 0.410 e. The smallest absolute Gasteiger partial charge is 0.410 e. The summed E-state index contributed by atoms with van der Waals surface area (Å²) in [5.74, 6) is -1.38. The highest BCUT2D eigenvalue weighted by Crippen LogP contribution is 2.44. The third-order valence-corrected chi connectivity index (χ3v) is 9.03. The highest BCUT2D eigenvalue weighted by molar-refractivity contribution is 6.31. The third-order valence-electron chi connectivity index (χ3n) is 8.70. The van der Waals surface area contributed by atoms with Gasteiger partial charge in [0, 0.05) is 30.6 Å². The summed E-state index contributed by atoms with van der Waals surface area (Å²) in [5, 5.41) is 0.454. The van der Waals surface area contributed by atoms with Crippen molar-refractivity contribution in [3.8, 4) is 11.1 Å². The molecule has 0 spiro atoms. The highest BCUT2D eigenvalue weighted by Gasteiger charge is 2.38. The van der Waals surface area contributed by atoms with Crippen molar-refractivity contribution in [1.82, 2.24) is 9.80 Å². The molecule has 0 aliphatic heterocycles. The van der Waals surface area contributed by atoms with Crippen molar-refractivity contribution in [2.75, 3.05) is 27.2 Å². The number of hydrogen-bond donors (Lipinski definition) is 0. The van der Waals surface area contributed by atoms with Gasteiger partial charge in [0.15, 0.2) is 5.60 Å². The van der Waals surface area contributed by atoms with Gasteiger partial charge in [-0.1, -0.05) is 123 Å². The number of carbonyl (C=O) groups is 3. The summed E-state index contributed by atoms with van der Waals surface area (Å²) in [4.78, 5) is 43.2. The van der Waals surface area contributed by atoms with Crippen molar-refractivity contribution < 1.29 is 23.9 Å². The number of ether oxygens (including phenoxy) is 2. The molecule has 0 fully saturated rings. The number of rotatable bonds is 10. The Morgan fingerprint density at radius 1 is 0.804 bits per heavy atom. The number of carbonyl (C=O) groups excluding carboxylic acids is 3. The van der Waals surface area contributed by atoms with Crippen LogP contribution in [0.5, 0.6) is 0 Å². The Bertz CT molecular complexity index is 1680. The molecule has 0 bridgehead atoms. The Labute approximate surface area is 275 Å². The number of amides is 2. The molecule has 2 atom stereocenters. The van der Waals surface area contributed by atoms with Crippen LogP contribution in [0.2, 0.25) is 5.02 Å². The maximum atomic E-state index is 13.8. The van der Waals surface area contributed by atoms with E-state index < -0.39 is 29.6 Å². The fourth-order valence-electron chi connectivity index (χ4n) is 6.34. The zero-order valence-electron chi connectivity index (χ0n) is 26.8. The van der Waals surface area contributed by atoms with E-state index in [2.05, 4.69) is 24.3 Å². The van der Waals surface area contributed by atoms with E-state index in [-0.39, 0.29) is 25.0 Å². The summed E-state index contributed by atoms with van der Waals surface area (Å²) in [6.07, 6.45) is -0.611. The summed E-state index contributed by atoms with van der Waals surface area (Å²) >= 11 is 6.55. The molecule has 5 rings (SSSR count). The molecule has 4 aromatic carbocycles. The molecular weight excluding hydrogens is 600 g/mol. The number of hydrogen-bond acceptors (Lipinski definition) is 5. The molecule has 8 heteroatoms. The van der Waals surface area contributed by atoms with Crippen LogP contribution in [0.15, 0.2) is 103 Å². The van der Waals surface area contributed by atoms with Crippen LogP contribution in [-0.2, 0) is 24.7 Å². The fourth-order valence-corrected chi connectivity index (χ4v) is 6.65. The summed E-state index contributed by atoms with van der Waals surface area (Å²) in [6.45, 7) is 5.30. The van der Waals surface area contributed by atoms with Crippen molar-refractivity contribution >= 4 is 29.6 Å². The molecule has 4 aromatic rings. The van der Waals surface area contributed by atoms with Crippen molar-refractivity contribution in [2.24, 2.45) is 5.92 Å². The van der Waals surface area contributed by atoms with Gasteiger partial charge in [0.05, 0.1) is 0 Å². The SMILES string of the molecule is CC(C)[C@@H](C(=O)N(C)CC(=O)OC(C)(c1ccccc1)c1ccccc1Cl)N(C)C(=O)OCC1c2ccccc2-c2ccccc21. The van der Waals surface area contributed by atoms with Gasteiger partial charge in [-0.2, -0.15) is 0 Å². The van der Waals surface area contributed by atoms with Gasteiger partial charge >= 0.3 is 12.1 Å². The number of likely N-dealkylation sites (N-methyl/N-ethyl adjacent to an activating group) is 2. The lowest BCUT2D eigenvalue weighted by molar-refractivity contribution is -0.159. The minimum Gasteiger partial charge on any atom is -0.448 e. The summed E-state index contributed by atoms with van der Waals surface area (Å²) in [6, 6.07) is 31.9. The van der Waals surface area contributed by atoms with E-state index in [1.807, 2.05) is 86.6 Å². The quantitative estimate of drug-likeness (QED) is 0.168. The van der Waals surface area contributed by atoms with E-state index in [1.54, 1.807) is 20.0 Å². The van der Waals surface area contributed by atoms with E-state index in [0.717, 1.165) is 27.8 Å². The van der Waals surface area contributed by atoms with Gasteiger partial charge in [0.25, 0.3) is 0 Å². The molecule has 1 aliphatic rings. The molecule has 7 nitrogen and oxygen atoms in total. The minimum absolute atomic E-state index is 0.104. The molecule has 0 aromatic heterocycles. The highest BCUT2D eigenvalue weighted by atomic mass is 35.5. The number of nitrogens with zero attached hydrogens (tertiary/aromatic N) is 2. The minimum atomic E-state index is -1.20. The first-order valence-corrected chi connectivity index (χ1v) is 15.8. The molecule has 46 heavy (non-hydrogen) atoms. The first-order valence-electron chi connectivity index (χ1n) is 15.4. The third kappa shape index (κ3) is 6.51. The Hall–Kier alpha value is -4.62. The summed E-state index contributed by atoms with van der Waals surface area (Å²) < 4.78 is 11.9. The molecule has 0 saturated heterocycles.